The molecule has 9 heteroatoms. The lowest BCUT2D eigenvalue weighted by Crippen LogP contribution is -2.49. The van der Waals surface area contributed by atoms with Gasteiger partial charge in [0, 0.05) is 13.0 Å². The van der Waals surface area contributed by atoms with Crippen molar-refractivity contribution in [3.05, 3.63) is 29.8 Å². The number of carboxylic acids is 1. The fourth-order valence-corrected chi connectivity index (χ4v) is 2.43. The van der Waals surface area contributed by atoms with Crippen molar-refractivity contribution in [3.8, 4) is 5.75 Å². The van der Waals surface area contributed by atoms with E-state index in [1.165, 1.54) is 12.1 Å². The van der Waals surface area contributed by atoms with Gasteiger partial charge in [0.1, 0.15) is 11.8 Å². The number of nitrogens with one attached hydrogen (secondary N) is 2. The SMILES string of the molecule is NCCCCNC(=O)[C@H](Cc1ccc(O)cc1)NC(=O)[C@@H]1O[C@H]1C(=O)O. The van der Waals surface area contributed by atoms with Gasteiger partial charge in [-0.05, 0) is 37.1 Å². The molecule has 0 aromatic heterocycles. The molecule has 0 saturated carbocycles. The van der Waals surface area contributed by atoms with Crippen molar-refractivity contribution in [2.24, 2.45) is 5.73 Å². The molecule has 1 aliphatic heterocycles. The van der Waals surface area contributed by atoms with Gasteiger partial charge in [0.15, 0.2) is 12.2 Å². The smallest absolute Gasteiger partial charge is 0.336 e. The van der Waals surface area contributed by atoms with Gasteiger partial charge in [-0.25, -0.2) is 4.79 Å². The lowest BCUT2D eigenvalue weighted by Gasteiger charge is -2.18. The standard InChI is InChI=1S/C17H23N3O6/c18-7-1-2-8-19-15(22)12(9-10-3-5-11(21)6-4-10)20-16(23)13-14(26-13)17(24)25/h3-6,12-14,21H,1-2,7-9,18H2,(H,19,22)(H,20,23)(H,24,25)/t12-,13+,14+/m0/s1. The third-order valence-electron chi connectivity index (χ3n) is 3.93. The first-order chi connectivity index (χ1) is 12.4. The van der Waals surface area contributed by atoms with Crippen molar-refractivity contribution in [2.75, 3.05) is 13.1 Å². The number of aromatic hydroxyl groups is 1. The van der Waals surface area contributed by atoms with Crippen molar-refractivity contribution >= 4 is 17.8 Å². The molecular formula is C17H23N3O6. The summed E-state index contributed by atoms with van der Waals surface area (Å²) in [5.41, 5.74) is 6.14. The summed E-state index contributed by atoms with van der Waals surface area (Å²) in [6, 6.07) is 5.37. The maximum Gasteiger partial charge on any atom is 0.336 e. The van der Waals surface area contributed by atoms with E-state index in [4.69, 9.17) is 15.6 Å². The zero-order chi connectivity index (χ0) is 19.1. The Morgan fingerprint density at radius 2 is 1.85 bits per heavy atom. The zero-order valence-electron chi connectivity index (χ0n) is 14.2. The minimum absolute atomic E-state index is 0.0938. The highest BCUT2D eigenvalue weighted by atomic mass is 16.6. The lowest BCUT2D eigenvalue weighted by atomic mass is 10.0. The lowest BCUT2D eigenvalue weighted by molar-refractivity contribution is -0.138. The van der Waals surface area contributed by atoms with Crippen LogP contribution in [0.1, 0.15) is 18.4 Å². The van der Waals surface area contributed by atoms with Gasteiger partial charge >= 0.3 is 5.97 Å². The van der Waals surface area contributed by atoms with E-state index in [-0.39, 0.29) is 18.1 Å². The highest BCUT2D eigenvalue weighted by Gasteiger charge is 2.51. The highest BCUT2D eigenvalue weighted by Crippen LogP contribution is 2.22. The number of aliphatic carboxylic acids is 1. The largest absolute Gasteiger partial charge is 0.508 e. The predicted octanol–water partition coefficient (Wildman–Crippen LogP) is -0.873. The number of hydrogen-bond donors (Lipinski definition) is 5. The van der Waals surface area contributed by atoms with E-state index in [1.807, 2.05) is 0 Å². The van der Waals surface area contributed by atoms with Crippen LogP contribution in [0.15, 0.2) is 24.3 Å². The number of rotatable bonds is 10. The fourth-order valence-electron chi connectivity index (χ4n) is 2.43. The quantitative estimate of drug-likeness (QED) is 0.267. The highest BCUT2D eigenvalue weighted by molar-refractivity contribution is 5.95. The minimum atomic E-state index is -1.22. The Bertz CT molecular complexity index is 648. The molecule has 1 aromatic rings. The minimum Gasteiger partial charge on any atom is -0.508 e. The second-order valence-electron chi connectivity index (χ2n) is 6.03. The monoisotopic (exact) mass is 365 g/mol. The summed E-state index contributed by atoms with van der Waals surface area (Å²) in [6.07, 6.45) is -0.573. The number of phenols is 1. The normalized spacial score (nSPS) is 19.4. The summed E-state index contributed by atoms with van der Waals surface area (Å²) in [5.74, 6) is -2.14. The molecular weight excluding hydrogens is 342 g/mol. The molecule has 1 heterocycles. The van der Waals surface area contributed by atoms with E-state index in [0.29, 0.717) is 13.1 Å². The fraction of sp³-hybridized carbons (Fsp3) is 0.471. The van der Waals surface area contributed by atoms with Crippen molar-refractivity contribution in [1.82, 2.24) is 10.6 Å². The molecule has 0 radical (unpaired) electrons. The zero-order valence-corrected chi connectivity index (χ0v) is 14.2. The van der Waals surface area contributed by atoms with E-state index in [9.17, 15) is 19.5 Å². The maximum absolute atomic E-state index is 12.4. The third-order valence-corrected chi connectivity index (χ3v) is 3.93. The van der Waals surface area contributed by atoms with E-state index in [2.05, 4.69) is 10.6 Å². The Morgan fingerprint density at radius 3 is 2.42 bits per heavy atom. The Balaban J connectivity index is 1.98. The van der Waals surface area contributed by atoms with Crippen LogP contribution in [0.25, 0.3) is 0 Å². The first-order valence-electron chi connectivity index (χ1n) is 8.36. The van der Waals surface area contributed by atoms with Crippen molar-refractivity contribution < 1.29 is 29.3 Å². The molecule has 0 aliphatic carbocycles. The van der Waals surface area contributed by atoms with Crippen LogP contribution in [0.5, 0.6) is 5.75 Å². The first kappa shape index (κ1) is 19.7. The summed E-state index contributed by atoms with van der Waals surface area (Å²) in [7, 11) is 0. The Kier molecular flexibility index (Phi) is 6.93. The molecule has 1 aromatic carbocycles. The number of unbranched alkanes of at least 4 members (excludes halogenated alkanes) is 1. The molecule has 2 rings (SSSR count). The van der Waals surface area contributed by atoms with Crippen LogP contribution in [0.4, 0.5) is 0 Å². The Morgan fingerprint density at radius 1 is 1.15 bits per heavy atom. The number of epoxide rings is 1. The second kappa shape index (κ2) is 9.16. The van der Waals surface area contributed by atoms with Gasteiger partial charge in [-0.3, -0.25) is 9.59 Å². The van der Waals surface area contributed by atoms with E-state index >= 15 is 0 Å². The summed E-state index contributed by atoms with van der Waals surface area (Å²) in [4.78, 5) is 35.3. The van der Waals surface area contributed by atoms with Crippen LogP contribution in [0.2, 0.25) is 0 Å². The molecule has 142 valence electrons. The van der Waals surface area contributed by atoms with Crippen LogP contribution >= 0.6 is 0 Å². The number of ether oxygens (including phenoxy) is 1. The summed E-state index contributed by atoms with van der Waals surface area (Å²) >= 11 is 0. The van der Waals surface area contributed by atoms with Gasteiger partial charge in [0.25, 0.3) is 5.91 Å². The number of phenolic OH excluding ortho intramolecular Hbond substituents is 1. The van der Waals surface area contributed by atoms with Gasteiger partial charge in [-0.15, -0.1) is 0 Å². The molecule has 0 spiro atoms. The predicted molar refractivity (Wildman–Crippen MR) is 91.3 cm³/mol. The van der Waals surface area contributed by atoms with Gasteiger partial charge in [-0.2, -0.15) is 0 Å². The molecule has 1 aliphatic rings. The third kappa shape index (κ3) is 5.71. The van der Waals surface area contributed by atoms with E-state index in [1.54, 1.807) is 12.1 Å². The van der Waals surface area contributed by atoms with Gasteiger partial charge in [0.2, 0.25) is 5.91 Å². The van der Waals surface area contributed by atoms with E-state index in [0.717, 1.165) is 18.4 Å². The molecule has 9 nitrogen and oxygen atoms in total. The molecule has 3 atom stereocenters. The topological polar surface area (TPSA) is 154 Å². The average molecular weight is 365 g/mol. The first-order valence-corrected chi connectivity index (χ1v) is 8.36. The molecule has 26 heavy (non-hydrogen) atoms. The van der Waals surface area contributed by atoms with Crippen LogP contribution in [0.3, 0.4) is 0 Å². The van der Waals surface area contributed by atoms with Crippen LogP contribution in [0, 0.1) is 0 Å². The molecule has 2 amide bonds. The van der Waals surface area contributed by atoms with Crippen molar-refractivity contribution in [2.45, 2.75) is 37.5 Å². The second-order valence-corrected chi connectivity index (χ2v) is 6.03. The van der Waals surface area contributed by atoms with Crippen molar-refractivity contribution in [1.29, 1.82) is 0 Å². The van der Waals surface area contributed by atoms with Gasteiger partial charge in [-0.1, -0.05) is 12.1 Å². The number of nitrogens with two attached hydrogens (primary N) is 1. The molecule has 0 bridgehead atoms. The summed E-state index contributed by atoms with van der Waals surface area (Å²) < 4.78 is 4.81. The Hall–Kier alpha value is -2.65. The number of carbonyl (C=O) groups is 3. The van der Waals surface area contributed by atoms with Crippen LogP contribution in [-0.2, 0) is 25.5 Å². The molecule has 0 unspecified atom stereocenters. The molecule has 1 saturated heterocycles. The summed E-state index contributed by atoms with van der Waals surface area (Å²) in [6.45, 7) is 0.953. The maximum atomic E-state index is 12.4. The van der Waals surface area contributed by atoms with Gasteiger partial charge in [0.05, 0.1) is 0 Å². The number of hydrogen-bond acceptors (Lipinski definition) is 6. The van der Waals surface area contributed by atoms with E-state index < -0.39 is 30.1 Å². The van der Waals surface area contributed by atoms with Gasteiger partial charge < -0.3 is 31.3 Å². The molecule has 1 fully saturated rings. The van der Waals surface area contributed by atoms with Crippen LogP contribution in [-0.4, -0.2) is 59.3 Å². The molecule has 6 N–H and O–H groups in total. The van der Waals surface area contributed by atoms with Crippen molar-refractivity contribution in [3.63, 3.8) is 0 Å². The number of benzene rings is 1. The number of amides is 2. The average Bonchev–Trinajstić information content (AvgIpc) is 3.41. The summed E-state index contributed by atoms with van der Waals surface area (Å²) in [5, 5.41) is 23.4. The Labute approximate surface area is 150 Å². The number of carbonyl (C=O) groups excluding carboxylic acids is 2. The number of carboxylic acid groups (broad SMARTS) is 1. The van der Waals surface area contributed by atoms with Crippen LogP contribution < -0.4 is 16.4 Å².